The van der Waals surface area contributed by atoms with E-state index in [1.54, 1.807) is 0 Å². The first kappa shape index (κ1) is 38.4. The molecule has 0 saturated heterocycles. The van der Waals surface area contributed by atoms with E-state index in [1.165, 1.54) is 0 Å². The summed E-state index contributed by atoms with van der Waals surface area (Å²) in [7, 11) is -5.94. The summed E-state index contributed by atoms with van der Waals surface area (Å²) in [6, 6.07) is 0. The minimum atomic E-state index is -5.94. The van der Waals surface area contributed by atoms with E-state index in [0.29, 0.717) is 0 Å². The predicted molar refractivity (Wildman–Crippen MR) is 123 cm³/mol. The number of hydrogen-bond acceptors (Lipinski definition) is 3. The van der Waals surface area contributed by atoms with Crippen LogP contribution in [-0.2, 0) is 25.6 Å². The normalized spacial score (nSPS) is 26.4. The number of halogens is 6. The molecule has 0 N–H and O–H groups in total. The molecule has 1 spiro atoms. The smallest absolute Gasteiger partial charge is 1.00 e. The van der Waals surface area contributed by atoms with Gasteiger partial charge in [-0.05, 0) is 0 Å². The van der Waals surface area contributed by atoms with Crippen molar-refractivity contribution in [2.45, 2.75) is 97.8 Å². The summed E-state index contributed by atoms with van der Waals surface area (Å²) in [5, 5.41) is 0. The molecule has 0 bridgehead atoms. The molecule has 216 valence electrons. The van der Waals surface area contributed by atoms with Crippen molar-refractivity contribution in [1.29, 1.82) is 0 Å². The fourth-order valence-corrected chi connectivity index (χ4v) is 11.3. The van der Waals surface area contributed by atoms with Gasteiger partial charge in [0.2, 0.25) is 0 Å². The van der Waals surface area contributed by atoms with E-state index in [1.807, 2.05) is 20.8 Å². The topological polar surface area (TPSA) is 61.6 Å². The summed E-state index contributed by atoms with van der Waals surface area (Å²) in [6.07, 6.45) is 11.7. The molecule has 6 rings (SSSR count). The Balaban J connectivity index is 0. The van der Waals surface area contributed by atoms with Gasteiger partial charge in [0, 0.05) is 0 Å². The van der Waals surface area contributed by atoms with Gasteiger partial charge in [0.1, 0.15) is 0 Å². The predicted octanol–water partition coefficient (Wildman–Crippen LogP) is -13.1. The Morgan fingerprint density at radius 2 is 0.684 bits per heavy atom. The molecule has 3 aliphatic carbocycles. The van der Waals surface area contributed by atoms with E-state index in [9.17, 15) is 0 Å². The maximum absolute atomic E-state index is 6.84. The van der Waals surface area contributed by atoms with Gasteiger partial charge >= 0.3 is 207 Å². The van der Waals surface area contributed by atoms with Crippen LogP contribution in [-0.4, -0.2) is 49.9 Å². The first-order valence-electron chi connectivity index (χ1n) is 12.1. The first-order chi connectivity index (χ1) is 14.9. The van der Waals surface area contributed by atoms with Gasteiger partial charge in [-0.15, -0.1) is 0 Å². The van der Waals surface area contributed by atoms with Crippen molar-refractivity contribution < 1.29 is 53.8 Å². The Bertz CT molecular complexity index is 985. The van der Waals surface area contributed by atoms with Crippen LogP contribution >= 0.6 is 0 Å². The van der Waals surface area contributed by atoms with Crippen molar-refractivity contribution in [2.24, 2.45) is 0 Å². The third-order valence-corrected chi connectivity index (χ3v) is 11.8. The molecular weight excluding hydrogens is 648 g/mol. The zero-order valence-electron chi connectivity index (χ0n) is 21.6. The summed E-state index contributed by atoms with van der Waals surface area (Å²) >= 11 is 0. The van der Waals surface area contributed by atoms with Crippen molar-refractivity contribution in [1.82, 2.24) is 0 Å². The second-order valence-corrected chi connectivity index (χ2v) is 13.6. The van der Waals surface area contributed by atoms with Gasteiger partial charge in [-0.3, -0.25) is 0 Å². The molecule has 0 radical (unpaired) electrons. The minimum absolute atomic E-state index is 0. The Hall–Kier alpha value is -1.75. The minimum Gasteiger partial charge on any atom is -1.00 e. The molecule has 3 heterocycles. The Kier molecular flexibility index (Phi) is 12.3. The monoisotopic (exact) mass is 680 g/mol. The van der Waals surface area contributed by atoms with Crippen molar-refractivity contribution in [3.05, 3.63) is 34.0 Å². The largest absolute Gasteiger partial charge is 5.00 e. The molecule has 3 saturated carbocycles. The number of rotatable bonds is 0. The molecule has 14 heteroatoms. The van der Waals surface area contributed by atoms with Crippen molar-refractivity contribution in [3.63, 3.8) is 0 Å². The van der Waals surface area contributed by atoms with Gasteiger partial charge in [-0.25, -0.2) is 0 Å². The first-order valence-corrected chi connectivity index (χ1v) is 14.5. The summed E-state index contributed by atoms with van der Waals surface area (Å²) in [5.41, 5.74) is 3.30. The van der Waals surface area contributed by atoms with Crippen LogP contribution in [0.25, 0.3) is 0 Å². The van der Waals surface area contributed by atoms with Crippen LogP contribution in [0.5, 0.6) is 0 Å². The second-order valence-electron chi connectivity index (χ2n) is 9.86. The summed E-state index contributed by atoms with van der Waals surface area (Å²) < 4.78 is 40.7. The number of allylic oxidation sites excluding steroid dienone is 6. The van der Waals surface area contributed by atoms with Crippen LogP contribution < -0.4 is 28.2 Å². The van der Waals surface area contributed by atoms with Crippen molar-refractivity contribution >= 4 is 49.9 Å². The van der Waals surface area contributed by atoms with Crippen LogP contribution in [0.4, 0.5) is 0 Å². The number of fused-ring (bicyclic) bond motifs is 3. The van der Waals surface area contributed by atoms with E-state index >= 15 is 0 Å². The molecule has 0 aromatic heterocycles. The zero-order chi connectivity index (χ0) is 21.3. The molecule has 0 atom stereocenters. The maximum Gasteiger partial charge on any atom is 5.00 e. The Morgan fingerprint density at radius 1 is 0.447 bits per heavy atom. The molecule has 38 heavy (non-hydrogen) atoms. The molecule has 6 aliphatic rings. The van der Waals surface area contributed by atoms with E-state index < -0.39 is 8.09 Å². The van der Waals surface area contributed by atoms with Crippen LogP contribution in [0.2, 0.25) is 0 Å². The van der Waals surface area contributed by atoms with Crippen LogP contribution in [0.1, 0.15) is 97.8 Å². The third-order valence-electron chi connectivity index (χ3n) is 7.61. The fraction of sp³-hybridized carbons (Fsp3) is 0.625. The van der Waals surface area contributed by atoms with Crippen LogP contribution in [0.3, 0.4) is 0 Å². The standard InChI is InChI=1S/C24H33O6Si.6FH.Sb/c1-16-19-10-4-7-13-22(19)28-31(25-16,26-17(2)20-11-5-8-14-23(20)29-31)27-18(3)21-12-6-9-15-24(21)30-31;;;;;;;/h4-15H2,1-3H3;6*1H;/q+1;;;;;;;+5/p-6. The number of carbonyl (C=O) groups excluding carboxylic acids is 3. The third kappa shape index (κ3) is 5.21. The zero-order valence-corrected chi connectivity index (χ0v) is 25.2. The molecule has 6 nitrogen and oxygen atoms in total. The van der Waals surface area contributed by atoms with E-state index in [0.717, 1.165) is 128 Å². The molecule has 3 aliphatic heterocycles. The number of hydrogen-bond donors (Lipinski definition) is 0. The summed E-state index contributed by atoms with van der Waals surface area (Å²) in [5.74, 6) is 4.77. The summed E-state index contributed by atoms with van der Waals surface area (Å²) in [4.78, 5) is 0. The SMILES string of the molecule is CC1=C2CCCCC2=[O+][Si-2]23(O1)(OC(C)=C1CCCCC1=[O+]2)OC(C)=C1CCCCC1=[O+]3.[F-].[F-].[F-].[F-].[F-].[F-].[Sb+5]. The van der Waals surface area contributed by atoms with Crippen molar-refractivity contribution in [2.75, 3.05) is 0 Å². The van der Waals surface area contributed by atoms with Gasteiger partial charge in [0.05, 0.1) is 0 Å². The van der Waals surface area contributed by atoms with Gasteiger partial charge in [-0.1, -0.05) is 0 Å². The molecule has 0 unspecified atom stereocenters. The van der Waals surface area contributed by atoms with Gasteiger partial charge in [0.25, 0.3) is 0 Å². The van der Waals surface area contributed by atoms with Gasteiger partial charge < -0.3 is 28.2 Å². The average molecular weight is 681 g/mol. The molecule has 0 amide bonds. The number of ketones is 3. The second kappa shape index (κ2) is 12.2. The molecule has 0 aromatic carbocycles. The average Bonchev–Trinajstić information content (AvgIpc) is 2.73. The Labute approximate surface area is 235 Å². The maximum atomic E-state index is 6.84. The Morgan fingerprint density at radius 3 is 0.947 bits per heavy atom. The van der Waals surface area contributed by atoms with Gasteiger partial charge in [0.15, 0.2) is 0 Å². The van der Waals surface area contributed by atoms with Crippen LogP contribution in [0, 0.1) is 0 Å². The summed E-state index contributed by atoms with van der Waals surface area (Å²) in [6.45, 7) is 5.91. The quantitative estimate of drug-likeness (QED) is 0.145. The van der Waals surface area contributed by atoms with E-state index in [-0.39, 0.29) is 52.7 Å². The van der Waals surface area contributed by atoms with E-state index in [4.69, 9.17) is 25.6 Å². The van der Waals surface area contributed by atoms with Crippen LogP contribution in [0.15, 0.2) is 34.0 Å². The van der Waals surface area contributed by atoms with Crippen molar-refractivity contribution in [3.8, 4) is 0 Å². The van der Waals surface area contributed by atoms with Gasteiger partial charge in [-0.2, -0.15) is 0 Å². The molecule has 0 aromatic rings. The fourth-order valence-electron chi connectivity index (χ4n) is 6.28. The molecule has 3 fully saturated rings. The van der Waals surface area contributed by atoms with E-state index in [2.05, 4.69) is 0 Å². The molecular formula is C24H33F6O6SbSi.